The third-order valence-electron chi connectivity index (χ3n) is 6.16. The van der Waals surface area contributed by atoms with Crippen molar-refractivity contribution in [2.24, 2.45) is 0 Å². The van der Waals surface area contributed by atoms with Crippen molar-refractivity contribution in [3.8, 4) is 17.2 Å². The molecule has 0 fully saturated rings. The second-order valence-corrected chi connectivity index (χ2v) is 8.86. The van der Waals surface area contributed by atoms with Gasteiger partial charge in [0.25, 0.3) is 0 Å². The second-order valence-electron chi connectivity index (χ2n) is 8.86. The Bertz CT molecular complexity index is 1330. The number of hydroxylamine groups is 1. The number of methoxy groups -OCH3 is 3. The summed E-state index contributed by atoms with van der Waals surface area (Å²) in [4.78, 5) is 41.8. The van der Waals surface area contributed by atoms with Gasteiger partial charge in [-0.15, -0.1) is 0 Å². The highest BCUT2D eigenvalue weighted by Gasteiger charge is 2.21. The zero-order chi connectivity index (χ0) is 28.9. The number of ether oxygens (including phenoxy) is 3. The van der Waals surface area contributed by atoms with Gasteiger partial charge in [0.1, 0.15) is 6.04 Å². The van der Waals surface area contributed by atoms with E-state index >= 15 is 0 Å². The van der Waals surface area contributed by atoms with Crippen molar-refractivity contribution >= 4 is 40.4 Å². The third-order valence-corrected chi connectivity index (χ3v) is 6.16. The van der Waals surface area contributed by atoms with E-state index in [4.69, 9.17) is 19.4 Å². The number of amides is 3. The average molecular weight is 551 g/mol. The van der Waals surface area contributed by atoms with Crippen molar-refractivity contribution in [1.82, 2.24) is 15.8 Å². The molecule has 3 rings (SSSR count). The molecule has 0 saturated carbocycles. The van der Waals surface area contributed by atoms with Crippen LogP contribution >= 0.6 is 0 Å². The first-order valence-electron chi connectivity index (χ1n) is 12.8. The first-order chi connectivity index (χ1) is 19.4. The number of anilines is 1. The molecule has 3 aromatic rings. The zero-order valence-electron chi connectivity index (χ0n) is 22.7. The molecule has 0 aliphatic carbocycles. The topological polar surface area (TPSA) is 148 Å². The van der Waals surface area contributed by atoms with Crippen LogP contribution in [-0.2, 0) is 14.4 Å². The van der Waals surface area contributed by atoms with E-state index in [1.54, 1.807) is 36.0 Å². The number of fused-ring (bicyclic) bond motifs is 1. The molecule has 0 radical (unpaired) electrons. The van der Waals surface area contributed by atoms with E-state index in [0.717, 1.165) is 5.39 Å². The van der Waals surface area contributed by atoms with E-state index in [1.165, 1.54) is 27.4 Å². The molecular formula is C29H34N4O7. The largest absolute Gasteiger partial charge is 0.493 e. The molecule has 4 N–H and O–H groups in total. The Kier molecular flexibility index (Phi) is 11.3. The minimum absolute atomic E-state index is 0.166. The van der Waals surface area contributed by atoms with Crippen LogP contribution in [0.1, 0.15) is 37.7 Å². The average Bonchev–Trinajstić information content (AvgIpc) is 2.98. The van der Waals surface area contributed by atoms with Gasteiger partial charge in [0, 0.05) is 24.1 Å². The number of hydrogen-bond donors (Lipinski definition) is 4. The Morgan fingerprint density at radius 2 is 1.70 bits per heavy atom. The summed E-state index contributed by atoms with van der Waals surface area (Å²) in [6.07, 6.45) is 6.79. The van der Waals surface area contributed by atoms with E-state index in [-0.39, 0.29) is 12.3 Å². The zero-order valence-corrected chi connectivity index (χ0v) is 22.7. The highest BCUT2D eigenvalue weighted by Crippen LogP contribution is 2.38. The molecule has 40 heavy (non-hydrogen) atoms. The lowest BCUT2D eigenvalue weighted by Crippen LogP contribution is -2.43. The third kappa shape index (κ3) is 8.18. The summed E-state index contributed by atoms with van der Waals surface area (Å²) >= 11 is 0. The van der Waals surface area contributed by atoms with Gasteiger partial charge in [0.15, 0.2) is 11.5 Å². The molecular weight excluding hydrogens is 516 g/mol. The maximum absolute atomic E-state index is 13.3. The summed E-state index contributed by atoms with van der Waals surface area (Å²) in [6, 6.07) is 11.7. The molecule has 1 heterocycles. The number of carbonyl (C=O) groups is 3. The van der Waals surface area contributed by atoms with Crippen molar-refractivity contribution in [3.63, 3.8) is 0 Å². The number of aromatic nitrogens is 1. The SMILES string of the molecule is COc1cc(/C=C/C(=O)N[C@@H](CCCCCC(=O)NO)C(=O)Nc2cccc3cccnc23)cc(OC)c1OC. The van der Waals surface area contributed by atoms with E-state index in [9.17, 15) is 14.4 Å². The Hall–Kier alpha value is -4.64. The fourth-order valence-corrected chi connectivity index (χ4v) is 4.15. The number of hydrogen-bond acceptors (Lipinski definition) is 8. The molecule has 0 spiro atoms. The van der Waals surface area contributed by atoms with Crippen LogP contribution in [0.15, 0.2) is 54.7 Å². The van der Waals surface area contributed by atoms with Gasteiger partial charge >= 0.3 is 0 Å². The van der Waals surface area contributed by atoms with Gasteiger partial charge in [-0.3, -0.25) is 24.6 Å². The van der Waals surface area contributed by atoms with Gasteiger partial charge in [0.05, 0.1) is 32.5 Å². The minimum atomic E-state index is -0.845. The Morgan fingerprint density at radius 1 is 0.975 bits per heavy atom. The molecule has 0 aliphatic heterocycles. The van der Waals surface area contributed by atoms with Crippen LogP contribution < -0.4 is 30.3 Å². The monoisotopic (exact) mass is 550 g/mol. The van der Waals surface area contributed by atoms with E-state index < -0.39 is 17.9 Å². The van der Waals surface area contributed by atoms with Crippen LogP contribution in [0, 0.1) is 0 Å². The molecule has 0 unspecified atom stereocenters. The predicted octanol–water partition coefficient (Wildman–Crippen LogP) is 3.85. The number of para-hydroxylation sites is 1. The Morgan fingerprint density at radius 3 is 2.38 bits per heavy atom. The van der Waals surface area contributed by atoms with Crippen molar-refractivity contribution in [1.29, 1.82) is 0 Å². The fraction of sp³-hybridized carbons (Fsp3) is 0.310. The van der Waals surface area contributed by atoms with Crippen molar-refractivity contribution in [2.45, 2.75) is 38.1 Å². The summed E-state index contributed by atoms with van der Waals surface area (Å²) in [5, 5.41) is 15.2. The van der Waals surface area contributed by atoms with Crippen LogP contribution in [0.4, 0.5) is 5.69 Å². The first-order valence-corrected chi connectivity index (χ1v) is 12.8. The first kappa shape index (κ1) is 29.9. The second kappa shape index (κ2) is 15.1. The number of pyridine rings is 1. The lowest BCUT2D eigenvalue weighted by Gasteiger charge is -2.18. The van der Waals surface area contributed by atoms with E-state index in [0.29, 0.717) is 59.7 Å². The molecule has 212 valence electrons. The number of nitrogens with one attached hydrogen (secondary N) is 3. The number of nitrogens with zero attached hydrogens (tertiary/aromatic N) is 1. The quantitative estimate of drug-likeness (QED) is 0.102. The smallest absolute Gasteiger partial charge is 0.247 e. The number of benzene rings is 2. The molecule has 2 aromatic carbocycles. The Labute approximate surface area is 232 Å². The molecule has 0 bridgehead atoms. The van der Waals surface area contributed by atoms with Crippen LogP contribution in [0.25, 0.3) is 17.0 Å². The minimum Gasteiger partial charge on any atom is -0.493 e. The van der Waals surface area contributed by atoms with Crippen molar-refractivity contribution in [3.05, 3.63) is 60.3 Å². The maximum atomic E-state index is 13.3. The van der Waals surface area contributed by atoms with Crippen LogP contribution in [-0.4, -0.2) is 55.3 Å². The predicted molar refractivity (Wildman–Crippen MR) is 150 cm³/mol. The lowest BCUT2D eigenvalue weighted by molar-refractivity contribution is -0.129. The van der Waals surface area contributed by atoms with E-state index in [2.05, 4.69) is 15.6 Å². The van der Waals surface area contributed by atoms with Gasteiger partial charge in [0.2, 0.25) is 23.5 Å². The molecule has 11 nitrogen and oxygen atoms in total. The number of unbranched alkanes of at least 4 members (excludes halogenated alkanes) is 2. The highest BCUT2D eigenvalue weighted by molar-refractivity contribution is 6.04. The summed E-state index contributed by atoms with van der Waals surface area (Å²) < 4.78 is 16.0. The summed E-state index contributed by atoms with van der Waals surface area (Å²) in [5.74, 6) is -0.00779. The van der Waals surface area contributed by atoms with Gasteiger partial charge in [-0.2, -0.15) is 0 Å². The van der Waals surface area contributed by atoms with Gasteiger partial charge in [-0.1, -0.05) is 31.0 Å². The molecule has 3 amide bonds. The summed E-state index contributed by atoms with van der Waals surface area (Å²) in [7, 11) is 4.51. The van der Waals surface area contributed by atoms with Crippen LogP contribution in [0.5, 0.6) is 17.2 Å². The number of rotatable bonds is 14. The number of carbonyl (C=O) groups excluding carboxylic acids is 3. The van der Waals surface area contributed by atoms with Crippen LogP contribution in [0.3, 0.4) is 0 Å². The normalized spacial score (nSPS) is 11.6. The standard InChI is InChI=1S/C29H34N4O7/c1-38-23-17-19(18-24(39-2)28(23)40-3)14-15-25(34)31-22(11-5-4-6-13-26(35)33-37)29(36)32-21-12-7-9-20-10-8-16-30-27(20)21/h7-10,12,14-18,22,37H,4-6,11,13H2,1-3H3,(H,31,34)(H,32,36)(H,33,35)/b15-14+/t22-/m0/s1. The molecule has 1 aromatic heterocycles. The maximum Gasteiger partial charge on any atom is 0.247 e. The van der Waals surface area contributed by atoms with Crippen molar-refractivity contribution < 1.29 is 33.8 Å². The molecule has 0 aliphatic rings. The highest BCUT2D eigenvalue weighted by atomic mass is 16.5. The molecule has 1 atom stereocenters. The molecule has 0 saturated heterocycles. The Balaban J connectivity index is 1.74. The fourth-order valence-electron chi connectivity index (χ4n) is 4.15. The van der Waals surface area contributed by atoms with Gasteiger partial charge in [-0.05, 0) is 48.7 Å². The van der Waals surface area contributed by atoms with E-state index in [1.807, 2.05) is 24.3 Å². The molecule has 11 heteroatoms. The summed E-state index contributed by atoms with van der Waals surface area (Å²) in [6.45, 7) is 0. The van der Waals surface area contributed by atoms with Gasteiger partial charge in [-0.25, -0.2) is 5.48 Å². The van der Waals surface area contributed by atoms with Crippen molar-refractivity contribution in [2.75, 3.05) is 26.6 Å². The van der Waals surface area contributed by atoms with Gasteiger partial charge < -0.3 is 24.8 Å². The lowest BCUT2D eigenvalue weighted by atomic mass is 10.1. The van der Waals surface area contributed by atoms with Crippen LogP contribution in [0.2, 0.25) is 0 Å². The summed E-state index contributed by atoms with van der Waals surface area (Å²) in [5.41, 5.74) is 3.41.